The fourth-order valence-corrected chi connectivity index (χ4v) is 2.69. The Kier molecular flexibility index (Phi) is 7.14. The van der Waals surface area contributed by atoms with Crippen LogP contribution < -0.4 is 0 Å². The van der Waals surface area contributed by atoms with Gasteiger partial charge in [0.25, 0.3) is 0 Å². The van der Waals surface area contributed by atoms with Crippen LogP contribution in [0.25, 0.3) is 0 Å². The Morgan fingerprint density at radius 2 is 1.90 bits per heavy atom. The Hall–Kier alpha value is -0.960. The van der Waals surface area contributed by atoms with Gasteiger partial charge in [0.2, 0.25) is 0 Å². The van der Waals surface area contributed by atoms with Crippen molar-refractivity contribution in [3.8, 4) is 0 Å². The Balaban J connectivity index is 2.74. The number of unbranched alkanes of at least 4 members (excludes halogenated alkanes) is 1. The number of rotatable bonds is 8. The molecule has 0 amide bonds. The monoisotopic (exact) mass is 280 g/mol. The van der Waals surface area contributed by atoms with Crippen molar-refractivity contribution in [1.29, 1.82) is 0 Å². The van der Waals surface area contributed by atoms with E-state index in [9.17, 15) is 9.59 Å². The lowest BCUT2D eigenvalue weighted by molar-refractivity contribution is -0.120. The first-order valence-electron chi connectivity index (χ1n) is 7.80. The molecule has 0 bridgehead atoms. The molecule has 114 valence electrons. The number of ketones is 2. The van der Waals surface area contributed by atoms with E-state index in [0.717, 1.165) is 32.1 Å². The molecule has 0 N–H and O–H groups in total. The van der Waals surface area contributed by atoms with E-state index in [4.69, 9.17) is 4.74 Å². The highest BCUT2D eigenvalue weighted by molar-refractivity contribution is 6.06. The van der Waals surface area contributed by atoms with Gasteiger partial charge in [-0.05, 0) is 45.4 Å². The van der Waals surface area contributed by atoms with Gasteiger partial charge in [-0.2, -0.15) is 0 Å². The summed E-state index contributed by atoms with van der Waals surface area (Å²) in [4.78, 5) is 24.2. The van der Waals surface area contributed by atoms with Gasteiger partial charge in [0.1, 0.15) is 0 Å². The molecule has 20 heavy (non-hydrogen) atoms. The van der Waals surface area contributed by atoms with E-state index in [1.54, 1.807) is 6.92 Å². The second-order valence-corrected chi connectivity index (χ2v) is 6.05. The van der Waals surface area contributed by atoms with Crippen molar-refractivity contribution in [2.24, 2.45) is 11.8 Å². The minimum absolute atomic E-state index is 0.0292. The zero-order valence-electron chi connectivity index (χ0n) is 13.3. The molecule has 0 aromatic rings. The third-order valence-electron chi connectivity index (χ3n) is 4.23. The van der Waals surface area contributed by atoms with Gasteiger partial charge < -0.3 is 4.74 Å². The summed E-state index contributed by atoms with van der Waals surface area (Å²) in [5, 5.41) is 0. The third kappa shape index (κ3) is 4.86. The Morgan fingerprint density at radius 1 is 1.20 bits per heavy atom. The lowest BCUT2D eigenvalue weighted by Crippen LogP contribution is -2.21. The van der Waals surface area contributed by atoms with Crippen LogP contribution in [0.3, 0.4) is 0 Å². The largest absolute Gasteiger partial charge is 0.377 e. The average Bonchev–Trinajstić information content (AvgIpc) is 2.84. The summed E-state index contributed by atoms with van der Waals surface area (Å²) >= 11 is 0. The highest BCUT2D eigenvalue weighted by Gasteiger charge is 2.30. The van der Waals surface area contributed by atoms with Crippen LogP contribution in [0, 0.1) is 11.8 Å². The van der Waals surface area contributed by atoms with Gasteiger partial charge in [0, 0.05) is 23.7 Å². The third-order valence-corrected chi connectivity index (χ3v) is 4.23. The average molecular weight is 280 g/mol. The van der Waals surface area contributed by atoms with Gasteiger partial charge in [-0.15, -0.1) is 0 Å². The van der Waals surface area contributed by atoms with Crippen molar-refractivity contribution in [2.45, 2.75) is 59.8 Å². The highest BCUT2D eigenvalue weighted by atomic mass is 16.5. The fraction of sp³-hybridized carbons (Fsp3) is 0.765. The molecular weight excluding hydrogens is 252 g/mol. The second-order valence-electron chi connectivity index (χ2n) is 6.05. The molecule has 1 saturated carbocycles. The molecule has 0 aromatic heterocycles. The number of allylic oxidation sites excluding steroid dienone is 1. The molecule has 0 saturated heterocycles. The van der Waals surface area contributed by atoms with Crippen LogP contribution in [0.1, 0.15) is 59.8 Å². The Morgan fingerprint density at radius 3 is 2.40 bits per heavy atom. The Labute approximate surface area is 122 Å². The lowest BCUT2D eigenvalue weighted by atomic mass is 9.92. The summed E-state index contributed by atoms with van der Waals surface area (Å²) in [6.45, 7) is 8.50. The standard InChI is InChI=1S/C17H28O3/c1-5-6-9-20-11-16(13(3)14(4)18)17(19)15-8-7-12(2)10-15/h12,15H,5-11H2,1-4H3/b16-13-. The molecular formula is C17H28O3. The number of ether oxygens (including phenoxy) is 1. The maximum atomic E-state index is 12.6. The quantitative estimate of drug-likeness (QED) is 0.503. The van der Waals surface area contributed by atoms with Crippen LogP contribution in [0.15, 0.2) is 11.1 Å². The maximum absolute atomic E-state index is 12.6. The van der Waals surface area contributed by atoms with Crippen molar-refractivity contribution in [2.75, 3.05) is 13.2 Å². The molecule has 1 aliphatic rings. The van der Waals surface area contributed by atoms with Crippen LogP contribution in [-0.2, 0) is 14.3 Å². The topological polar surface area (TPSA) is 43.4 Å². The first-order chi connectivity index (χ1) is 9.47. The summed E-state index contributed by atoms with van der Waals surface area (Å²) in [7, 11) is 0. The Bertz CT molecular complexity index is 382. The summed E-state index contributed by atoms with van der Waals surface area (Å²) < 4.78 is 5.58. The van der Waals surface area contributed by atoms with E-state index in [1.807, 2.05) is 0 Å². The van der Waals surface area contributed by atoms with E-state index in [0.29, 0.717) is 23.7 Å². The number of carbonyl (C=O) groups excluding carboxylic acids is 2. The lowest BCUT2D eigenvalue weighted by Gasteiger charge is -2.15. The molecule has 2 unspecified atom stereocenters. The smallest absolute Gasteiger partial charge is 0.164 e. The minimum atomic E-state index is -0.0292. The summed E-state index contributed by atoms with van der Waals surface area (Å²) in [5.74, 6) is 0.810. The highest BCUT2D eigenvalue weighted by Crippen LogP contribution is 2.33. The van der Waals surface area contributed by atoms with Crippen molar-refractivity contribution in [1.82, 2.24) is 0 Å². The van der Waals surface area contributed by atoms with Crippen LogP contribution in [-0.4, -0.2) is 24.8 Å². The summed E-state index contributed by atoms with van der Waals surface area (Å²) in [6.07, 6.45) is 5.06. The molecule has 1 rings (SSSR count). The van der Waals surface area contributed by atoms with Gasteiger partial charge in [0.05, 0.1) is 6.61 Å². The zero-order chi connectivity index (χ0) is 15.1. The molecule has 0 heterocycles. The van der Waals surface area contributed by atoms with E-state index in [1.165, 1.54) is 6.92 Å². The van der Waals surface area contributed by atoms with Gasteiger partial charge in [0.15, 0.2) is 11.6 Å². The van der Waals surface area contributed by atoms with Crippen molar-refractivity contribution < 1.29 is 14.3 Å². The molecule has 0 radical (unpaired) electrons. The summed E-state index contributed by atoms with van der Waals surface area (Å²) in [6, 6.07) is 0. The molecule has 1 fully saturated rings. The minimum Gasteiger partial charge on any atom is -0.377 e. The van der Waals surface area contributed by atoms with Gasteiger partial charge in [-0.25, -0.2) is 0 Å². The number of Topliss-reactive ketones (excluding diaryl/α,β-unsaturated/α-hetero) is 2. The molecule has 1 aliphatic carbocycles. The zero-order valence-corrected chi connectivity index (χ0v) is 13.3. The fourth-order valence-electron chi connectivity index (χ4n) is 2.69. The molecule has 3 nitrogen and oxygen atoms in total. The van der Waals surface area contributed by atoms with Crippen molar-refractivity contribution >= 4 is 11.6 Å². The molecule has 0 aromatic carbocycles. The molecule has 3 heteroatoms. The van der Waals surface area contributed by atoms with Crippen LogP contribution in [0.5, 0.6) is 0 Å². The van der Waals surface area contributed by atoms with E-state index >= 15 is 0 Å². The summed E-state index contributed by atoms with van der Waals surface area (Å²) in [5.41, 5.74) is 1.18. The van der Waals surface area contributed by atoms with E-state index < -0.39 is 0 Å². The van der Waals surface area contributed by atoms with E-state index in [-0.39, 0.29) is 24.1 Å². The number of hydrogen-bond acceptors (Lipinski definition) is 3. The molecule has 0 spiro atoms. The van der Waals surface area contributed by atoms with Crippen LogP contribution in [0.4, 0.5) is 0 Å². The van der Waals surface area contributed by atoms with Crippen LogP contribution in [0.2, 0.25) is 0 Å². The number of hydrogen-bond donors (Lipinski definition) is 0. The molecule has 2 atom stereocenters. The van der Waals surface area contributed by atoms with Crippen molar-refractivity contribution in [3.05, 3.63) is 11.1 Å². The van der Waals surface area contributed by atoms with Gasteiger partial charge in [-0.1, -0.05) is 20.3 Å². The number of carbonyl (C=O) groups is 2. The second kappa shape index (κ2) is 8.35. The van der Waals surface area contributed by atoms with Gasteiger partial charge in [-0.3, -0.25) is 9.59 Å². The van der Waals surface area contributed by atoms with Gasteiger partial charge >= 0.3 is 0 Å². The maximum Gasteiger partial charge on any atom is 0.164 e. The normalized spacial score (nSPS) is 23.6. The SMILES string of the molecule is CCCCOC/C(C(=O)C1CCC(C)C1)=C(\C)C(C)=O. The van der Waals surface area contributed by atoms with Crippen LogP contribution >= 0.6 is 0 Å². The predicted molar refractivity (Wildman–Crippen MR) is 80.6 cm³/mol. The first-order valence-corrected chi connectivity index (χ1v) is 7.80. The predicted octanol–water partition coefficient (Wildman–Crippen LogP) is 3.71. The molecule has 0 aliphatic heterocycles. The van der Waals surface area contributed by atoms with Crippen molar-refractivity contribution in [3.63, 3.8) is 0 Å². The van der Waals surface area contributed by atoms with E-state index in [2.05, 4.69) is 13.8 Å². The first kappa shape index (κ1) is 17.1.